The number of hydrogen-bond acceptors (Lipinski definition) is 2. The fourth-order valence-electron chi connectivity index (χ4n) is 0.969. The Morgan fingerprint density at radius 3 is 2.64 bits per heavy atom. The fraction of sp³-hybridized carbons (Fsp3) is 0.182. The van der Waals surface area contributed by atoms with Gasteiger partial charge in [-0.05, 0) is 5.56 Å². The van der Waals surface area contributed by atoms with Gasteiger partial charge in [-0.1, -0.05) is 36.9 Å². The van der Waals surface area contributed by atoms with E-state index < -0.39 is 0 Å². The zero-order valence-electron chi connectivity index (χ0n) is 8.12. The van der Waals surface area contributed by atoms with E-state index in [2.05, 4.69) is 11.9 Å². The zero-order chi connectivity index (χ0) is 10.4. The molecule has 0 bridgehead atoms. The number of nitrogens with one attached hydrogen (secondary N) is 1. The summed E-state index contributed by atoms with van der Waals surface area (Å²) in [6, 6.07) is 9.66. The molecule has 0 saturated heterocycles. The number of carbonyl (C=O) groups excluding carboxylic acids is 1. The van der Waals surface area contributed by atoms with Crippen molar-refractivity contribution in [1.29, 1.82) is 0 Å². The lowest BCUT2D eigenvalue weighted by Gasteiger charge is -2.05. The summed E-state index contributed by atoms with van der Waals surface area (Å²) in [5, 5.41) is 2.69. The molecule has 0 saturated carbocycles. The molecule has 0 aliphatic heterocycles. The molecule has 14 heavy (non-hydrogen) atoms. The standard InChI is InChI=1S/C11H13NO2/c1-9(14-2)11(13)12-8-10-6-4-3-5-7-10/h3-7H,1,8H2,2H3,(H,12,13). The van der Waals surface area contributed by atoms with E-state index in [1.54, 1.807) is 0 Å². The molecular formula is C11H13NO2. The van der Waals surface area contributed by atoms with Crippen molar-refractivity contribution in [3.63, 3.8) is 0 Å². The normalized spacial score (nSPS) is 9.21. The van der Waals surface area contributed by atoms with Crippen LogP contribution in [-0.4, -0.2) is 13.0 Å². The summed E-state index contributed by atoms with van der Waals surface area (Å²) in [6.45, 7) is 3.94. The van der Waals surface area contributed by atoms with E-state index >= 15 is 0 Å². The monoisotopic (exact) mass is 191 g/mol. The highest BCUT2D eigenvalue weighted by atomic mass is 16.5. The Morgan fingerprint density at radius 2 is 2.07 bits per heavy atom. The van der Waals surface area contributed by atoms with Crippen LogP contribution in [-0.2, 0) is 16.1 Å². The first-order chi connectivity index (χ1) is 6.74. The minimum atomic E-state index is -0.281. The van der Waals surface area contributed by atoms with Crippen LogP contribution in [0.2, 0.25) is 0 Å². The molecule has 1 rings (SSSR count). The molecule has 1 aromatic rings. The van der Waals surface area contributed by atoms with Crippen molar-refractivity contribution in [2.45, 2.75) is 6.54 Å². The Hall–Kier alpha value is -1.77. The van der Waals surface area contributed by atoms with Crippen LogP contribution in [0.15, 0.2) is 42.7 Å². The van der Waals surface area contributed by atoms with E-state index in [0.29, 0.717) is 6.54 Å². The summed E-state index contributed by atoms with van der Waals surface area (Å²) >= 11 is 0. The van der Waals surface area contributed by atoms with Gasteiger partial charge in [-0.2, -0.15) is 0 Å². The molecule has 0 aromatic heterocycles. The summed E-state index contributed by atoms with van der Waals surface area (Å²) in [5.41, 5.74) is 1.05. The highest BCUT2D eigenvalue weighted by molar-refractivity contribution is 5.90. The SMILES string of the molecule is C=C(OC)C(=O)NCc1ccccc1. The van der Waals surface area contributed by atoms with Gasteiger partial charge in [-0.15, -0.1) is 0 Å². The molecule has 0 atom stereocenters. The Morgan fingerprint density at radius 1 is 1.43 bits per heavy atom. The number of methoxy groups -OCH3 is 1. The number of carbonyl (C=O) groups is 1. The number of hydrogen-bond donors (Lipinski definition) is 1. The molecule has 0 unspecified atom stereocenters. The third-order valence-electron chi connectivity index (χ3n) is 1.80. The van der Waals surface area contributed by atoms with Gasteiger partial charge in [0.1, 0.15) is 0 Å². The van der Waals surface area contributed by atoms with Crippen LogP contribution in [0.4, 0.5) is 0 Å². The van der Waals surface area contributed by atoms with Crippen molar-refractivity contribution >= 4 is 5.91 Å². The largest absolute Gasteiger partial charge is 0.492 e. The Balaban J connectivity index is 2.42. The van der Waals surface area contributed by atoms with Crippen molar-refractivity contribution in [1.82, 2.24) is 5.32 Å². The van der Waals surface area contributed by atoms with E-state index in [4.69, 9.17) is 4.74 Å². The van der Waals surface area contributed by atoms with Crippen molar-refractivity contribution < 1.29 is 9.53 Å². The van der Waals surface area contributed by atoms with E-state index in [1.807, 2.05) is 30.3 Å². The minimum absolute atomic E-state index is 0.126. The van der Waals surface area contributed by atoms with E-state index in [-0.39, 0.29) is 11.7 Å². The molecule has 74 valence electrons. The Labute approximate surface area is 83.4 Å². The number of rotatable bonds is 4. The van der Waals surface area contributed by atoms with Crippen LogP contribution in [0, 0.1) is 0 Å². The summed E-state index contributed by atoms with van der Waals surface area (Å²) in [6.07, 6.45) is 0. The van der Waals surface area contributed by atoms with Crippen LogP contribution < -0.4 is 5.32 Å². The molecule has 0 radical (unpaired) electrons. The van der Waals surface area contributed by atoms with Gasteiger partial charge in [-0.25, -0.2) is 0 Å². The average Bonchev–Trinajstić information content (AvgIpc) is 2.26. The lowest BCUT2D eigenvalue weighted by molar-refractivity contribution is -0.120. The number of amides is 1. The van der Waals surface area contributed by atoms with E-state index in [1.165, 1.54) is 7.11 Å². The minimum Gasteiger partial charge on any atom is -0.492 e. The maximum atomic E-state index is 11.2. The summed E-state index contributed by atoms with van der Waals surface area (Å²) < 4.78 is 4.69. The van der Waals surface area contributed by atoms with Crippen LogP contribution in [0.1, 0.15) is 5.56 Å². The van der Waals surface area contributed by atoms with Gasteiger partial charge in [0, 0.05) is 6.54 Å². The lowest BCUT2D eigenvalue weighted by atomic mass is 10.2. The second-order valence-electron chi connectivity index (χ2n) is 2.80. The first-order valence-electron chi connectivity index (χ1n) is 4.29. The molecular weight excluding hydrogens is 178 g/mol. The smallest absolute Gasteiger partial charge is 0.285 e. The van der Waals surface area contributed by atoms with Gasteiger partial charge in [0.05, 0.1) is 7.11 Å². The molecule has 0 spiro atoms. The molecule has 0 aliphatic carbocycles. The van der Waals surface area contributed by atoms with Crippen molar-refractivity contribution in [3.05, 3.63) is 48.2 Å². The molecule has 3 heteroatoms. The Kier molecular flexibility index (Phi) is 3.73. The molecule has 3 nitrogen and oxygen atoms in total. The second-order valence-corrected chi connectivity index (χ2v) is 2.80. The van der Waals surface area contributed by atoms with Gasteiger partial charge in [-0.3, -0.25) is 4.79 Å². The number of ether oxygens (including phenoxy) is 1. The summed E-state index contributed by atoms with van der Waals surface area (Å²) in [7, 11) is 1.42. The van der Waals surface area contributed by atoms with Gasteiger partial charge in [0.2, 0.25) is 0 Å². The average molecular weight is 191 g/mol. The topological polar surface area (TPSA) is 38.3 Å². The van der Waals surface area contributed by atoms with Crippen molar-refractivity contribution in [2.24, 2.45) is 0 Å². The van der Waals surface area contributed by atoms with Gasteiger partial charge in [0.15, 0.2) is 5.76 Å². The first-order valence-corrected chi connectivity index (χ1v) is 4.29. The highest BCUT2D eigenvalue weighted by Gasteiger charge is 2.04. The van der Waals surface area contributed by atoms with Gasteiger partial charge >= 0.3 is 0 Å². The van der Waals surface area contributed by atoms with Gasteiger partial charge in [0.25, 0.3) is 5.91 Å². The highest BCUT2D eigenvalue weighted by Crippen LogP contribution is 1.98. The van der Waals surface area contributed by atoms with Crippen molar-refractivity contribution in [2.75, 3.05) is 7.11 Å². The predicted molar refractivity (Wildman–Crippen MR) is 54.4 cm³/mol. The molecule has 0 aliphatic rings. The maximum absolute atomic E-state index is 11.2. The van der Waals surface area contributed by atoms with Crippen LogP contribution in [0.3, 0.4) is 0 Å². The van der Waals surface area contributed by atoms with Crippen molar-refractivity contribution in [3.8, 4) is 0 Å². The first kappa shape index (κ1) is 10.3. The molecule has 0 heterocycles. The molecule has 1 N–H and O–H groups in total. The third kappa shape index (κ3) is 2.94. The second kappa shape index (κ2) is 5.07. The molecule has 1 amide bonds. The molecule has 0 fully saturated rings. The summed E-state index contributed by atoms with van der Waals surface area (Å²) in [5.74, 6) is -0.155. The van der Waals surface area contributed by atoms with E-state index in [9.17, 15) is 4.79 Å². The predicted octanol–water partition coefficient (Wildman–Crippen LogP) is 1.46. The Bertz CT molecular complexity index is 319. The maximum Gasteiger partial charge on any atom is 0.285 e. The summed E-state index contributed by atoms with van der Waals surface area (Å²) in [4.78, 5) is 11.2. The van der Waals surface area contributed by atoms with Crippen LogP contribution in [0.25, 0.3) is 0 Å². The van der Waals surface area contributed by atoms with E-state index in [0.717, 1.165) is 5.56 Å². The number of benzene rings is 1. The third-order valence-corrected chi connectivity index (χ3v) is 1.80. The quantitative estimate of drug-likeness (QED) is 0.578. The fourth-order valence-corrected chi connectivity index (χ4v) is 0.969. The van der Waals surface area contributed by atoms with Crippen LogP contribution in [0.5, 0.6) is 0 Å². The zero-order valence-corrected chi connectivity index (χ0v) is 8.12. The van der Waals surface area contributed by atoms with Crippen LogP contribution >= 0.6 is 0 Å². The lowest BCUT2D eigenvalue weighted by Crippen LogP contribution is -2.24. The van der Waals surface area contributed by atoms with Gasteiger partial charge < -0.3 is 10.1 Å². The molecule has 1 aromatic carbocycles.